The molecule has 0 aromatic carbocycles. The highest BCUT2D eigenvalue weighted by Crippen LogP contribution is 2.17. The summed E-state index contributed by atoms with van der Waals surface area (Å²) in [6.07, 6.45) is 3.00. The van der Waals surface area contributed by atoms with E-state index in [4.69, 9.17) is 5.73 Å². The van der Waals surface area contributed by atoms with Gasteiger partial charge in [0.2, 0.25) is 0 Å². The Hall–Kier alpha value is -2.44. The van der Waals surface area contributed by atoms with E-state index in [0.717, 1.165) is 11.2 Å². The molecule has 3 aromatic rings. The third-order valence-electron chi connectivity index (χ3n) is 2.26. The first-order chi connectivity index (χ1) is 7.75. The second-order valence-corrected chi connectivity index (χ2v) is 3.42. The number of aromatic nitrogens is 6. The fourth-order valence-corrected chi connectivity index (χ4v) is 1.60. The lowest BCUT2D eigenvalue weighted by atomic mass is 10.4. The lowest BCUT2D eigenvalue weighted by Crippen LogP contribution is -2.05. The Labute approximate surface area is 90.4 Å². The number of rotatable bonds is 1. The Morgan fingerprint density at radius 3 is 2.94 bits per heavy atom. The van der Waals surface area contributed by atoms with E-state index >= 15 is 0 Å². The first-order valence-electron chi connectivity index (χ1n) is 4.72. The molecule has 0 unspecified atom stereocenters. The number of anilines is 1. The molecule has 0 atom stereocenters. The van der Waals surface area contributed by atoms with Crippen molar-refractivity contribution in [2.24, 2.45) is 0 Å². The second kappa shape index (κ2) is 3.02. The summed E-state index contributed by atoms with van der Waals surface area (Å²) in [5.41, 5.74) is 7.99. The van der Waals surface area contributed by atoms with Crippen molar-refractivity contribution in [3.05, 3.63) is 24.4 Å². The average Bonchev–Trinajstić information content (AvgIpc) is 2.84. The molecule has 0 spiro atoms. The van der Waals surface area contributed by atoms with Gasteiger partial charge in [0.25, 0.3) is 0 Å². The number of hydrogen-bond donors (Lipinski definition) is 2. The Morgan fingerprint density at radius 1 is 1.31 bits per heavy atom. The largest absolute Gasteiger partial charge is 0.384 e. The minimum absolute atomic E-state index is 0.534. The summed E-state index contributed by atoms with van der Waals surface area (Å²) in [5, 5.41) is 4.26. The fraction of sp³-hybridized carbons (Fsp3) is 0.111. The van der Waals surface area contributed by atoms with Gasteiger partial charge in [-0.2, -0.15) is 9.78 Å². The standard InChI is InChI=1S/C9H9N7/c1-5-2-6(10)16(15-5)9-7-8(12-3-11-7)13-4-14-9/h2-4H,10H2,1H3,(H,11,12,13,14). The number of nitrogen functional groups attached to an aromatic ring is 1. The van der Waals surface area contributed by atoms with Gasteiger partial charge in [-0.15, -0.1) is 0 Å². The van der Waals surface area contributed by atoms with Crippen LogP contribution >= 0.6 is 0 Å². The fourth-order valence-electron chi connectivity index (χ4n) is 1.60. The number of nitrogens with one attached hydrogen (secondary N) is 1. The average molecular weight is 215 g/mol. The summed E-state index contributed by atoms with van der Waals surface area (Å²) >= 11 is 0. The zero-order valence-electron chi connectivity index (χ0n) is 8.55. The number of hydrogen-bond acceptors (Lipinski definition) is 5. The molecule has 0 saturated carbocycles. The molecule has 16 heavy (non-hydrogen) atoms. The molecule has 7 nitrogen and oxygen atoms in total. The van der Waals surface area contributed by atoms with Crippen molar-refractivity contribution in [1.29, 1.82) is 0 Å². The summed E-state index contributed by atoms with van der Waals surface area (Å²) in [6.45, 7) is 1.87. The molecule has 0 aliphatic heterocycles. The lowest BCUT2D eigenvalue weighted by molar-refractivity contribution is 0.843. The van der Waals surface area contributed by atoms with Gasteiger partial charge < -0.3 is 10.7 Å². The van der Waals surface area contributed by atoms with Gasteiger partial charge in [-0.25, -0.2) is 15.0 Å². The SMILES string of the molecule is Cc1cc(N)n(-c2ncnc3nc[nH]c23)n1. The van der Waals surface area contributed by atoms with Crippen LogP contribution in [0, 0.1) is 6.92 Å². The maximum Gasteiger partial charge on any atom is 0.184 e. The summed E-state index contributed by atoms with van der Waals surface area (Å²) in [5.74, 6) is 1.14. The highest BCUT2D eigenvalue weighted by molar-refractivity contribution is 5.77. The molecule has 7 heteroatoms. The molecule has 0 amide bonds. The van der Waals surface area contributed by atoms with Crippen LogP contribution in [0.15, 0.2) is 18.7 Å². The zero-order chi connectivity index (χ0) is 11.1. The quantitative estimate of drug-likeness (QED) is 0.613. The van der Waals surface area contributed by atoms with Gasteiger partial charge in [0.15, 0.2) is 11.5 Å². The van der Waals surface area contributed by atoms with Gasteiger partial charge in [0, 0.05) is 6.07 Å². The molecule has 80 valence electrons. The molecule has 0 aliphatic carbocycles. The molecule has 3 heterocycles. The Kier molecular flexibility index (Phi) is 1.67. The number of fused-ring (bicyclic) bond motifs is 1. The topological polar surface area (TPSA) is 98.3 Å². The minimum atomic E-state index is 0.534. The molecule has 3 N–H and O–H groups in total. The van der Waals surface area contributed by atoms with Crippen LogP contribution in [-0.2, 0) is 0 Å². The minimum Gasteiger partial charge on any atom is -0.384 e. The summed E-state index contributed by atoms with van der Waals surface area (Å²) in [4.78, 5) is 15.2. The zero-order valence-corrected chi connectivity index (χ0v) is 8.55. The Bertz CT molecular complexity index is 651. The van der Waals surface area contributed by atoms with Crippen LogP contribution < -0.4 is 5.73 Å². The van der Waals surface area contributed by atoms with Crippen LogP contribution in [0.1, 0.15) is 5.69 Å². The van der Waals surface area contributed by atoms with Crippen molar-refractivity contribution in [2.75, 3.05) is 5.73 Å². The monoisotopic (exact) mass is 215 g/mol. The second-order valence-electron chi connectivity index (χ2n) is 3.42. The molecule has 3 aromatic heterocycles. The van der Waals surface area contributed by atoms with Crippen LogP contribution in [0.3, 0.4) is 0 Å². The highest BCUT2D eigenvalue weighted by atomic mass is 15.3. The van der Waals surface area contributed by atoms with Gasteiger partial charge in [-0.05, 0) is 6.92 Å². The lowest BCUT2D eigenvalue weighted by Gasteiger charge is -2.02. The first kappa shape index (κ1) is 8.84. The normalized spacial score (nSPS) is 11.1. The number of H-pyrrole nitrogens is 1. The predicted octanol–water partition coefficient (Wildman–Crippen LogP) is 0.429. The van der Waals surface area contributed by atoms with Crippen molar-refractivity contribution in [2.45, 2.75) is 6.92 Å². The van der Waals surface area contributed by atoms with Crippen molar-refractivity contribution < 1.29 is 0 Å². The van der Waals surface area contributed by atoms with Crippen LogP contribution in [0.2, 0.25) is 0 Å². The number of nitrogens with zero attached hydrogens (tertiary/aromatic N) is 5. The molecule has 0 fully saturated rings. The third kappa shape index (κ3) is 1.14. The van der Waals surface area contributed by atoms with E-state index in [-0.39, 0.29) is 0 Å². The molecule has 0 aliphatic rings. The van der Waals surface area contributed by atoms with E-state index in [1.807, 2.05) is 6.92 Å². The van der Waals surface area contributed by atoms with Gasteiger partial charge in [-0.1, -0.05) is 0 Å². The van der Waals surface area contributed by atoms with Crippen molar-refractivity contribution in [3.8, 4) is 5.82 Å². The smallest absolute Gasteiger partial charge is 0.184 e. The first-order valence-corrected chi connectivity index (χ1v) is 4.72. The number of aryl methyl sites for hydroxylation is 1. The van der Waals surface area contributed by atoms with Crippen LogP contribution in [-0.4, -0.2) is 29.7 Å². The molecular weight excluding hydrogens is 206 g/mol. The maximum atomic E-state index is 5.84. The Morgan fingerprint density at radius 2 is 2.19 bits per heavy atom. The number of nitrogens with two attached hydrogens (primary N) is 1. The molecule has 0 saturated heterocycles. The molecule has 0 bridgehead atoms. The van der Waals surface area contributed by atoms with Crippen LogP contribution in [0.4, 0.5) is 5.82 Å². The third-order valence-corrected chi connectivity index (χ3v) is 2.26. The van der Waals surface area contributed by atoms with Gasteiger partial charge in [0.05, 0.1) is 12.0 Å². The van der Waals surface area contributed by atoms with Gasteiger partial charge >= 0.3 is 0 Å². The van der Waals surface area contributed by atoms with E-state index in [2.05, 4.69) is 25.0 Å². The van der Waals surface area contributed by atoms with E-state index in [1.165, 1.54) is 6.33 Å². The Balaban J connectivity index is 2.33. The van der Waals surface area contributed by atoms with E-state index < -0.39 is 0 Å². The van der Waals surface area contributed by atoms with Gasteiger partial charge in [0.1, 0.15) is 17.7 Å². The van der Waals surface area contributed by atoms with Crippen molar-refractivity contribution >= 4 is 17.0 Å². The van der Waals surface area contributed by atoms with Crippen molar-refractivity contribution in [1.82, 2.24) is 29.7 Å². The van der Waals surface area contributed by atoms with Crippen LogP contribution in [0.5, 0.6) is 0 Å². The van der Waals surface area contributed by atoms with E-state index in [0.29, 0.717) is 17.3 Å². The summed E-state index contributed by atoms with van der Waals surface area (Å²) in [7, 11) is 0. The summed E-state index contributed by atoms with van der Waals surface area (Å²) < 4.78 is 1.57. The molecule has 3 rings (SSSR count). The molecular formula is C9H9N7. The maximum absolute atomic E-state index is 5.84. The van der Waals surface area contributed by atoms with Crippen molar-refractivity contribution in [3.63, 3.8) is 0 Å². The van der Waals surface area contributed by atoms with E-state index in [1.54, 1.807) is 17.1 Å². The van der Waals surface area contributed by atoms with Crippen LogP contribution in [0.25, 0.3) is 17.0 Å². The summed E-state index contributed by atoms with van der Waals surface area (Å²) in [6, 6.07) is 1.78. The predicted molar refractivity (Wildman–Crippen MR) is 58.0 cm³/mol. The highest BCUT2D eigenvalue weighted by Gasteiger charge is 2.11. The van der Waals surface area contributed by atoms with Gasteiger partial charge in [-0.3, -0.25) is 0 Å². The number of imidazole rings is 1. The number of aromatic amines is 1. The molecule has 0 radical (unpaired) electrons. The van der Waals surface area contributed by atoms with E-state index in [9.17, 15) is 0 Å².